The first-order valence-corrected chi connectivity index (χ1v) is 14.9. The van der Waals surface area contributed by atoms with E-state index < -0.39 is 33.6 Å². The summed E-state index contributed by atoms with van der Waals surface area (Å²) < 4.78 is 52.9. The second-order valence-electron chi connectivity index (χ2n) is 9.92. The average Bonchev–Trinajstić information content (AvgIpc) is 3.34. The maximum absolute atomic E-state index is 13.9. The van der Waals surface area contributed by atoms with Crippen molar-refractivity contribution in [2.75, 3.05) is 6.61 Å². The van der Waals surface area contributed by atoms with Gasteiger partial charge in [-0.3, -0.25) is 0 Å². The maximum atomic E-state index is 13.9. The highest BCUT2D eigenvalue weighted by Crippen LogP contribution is 2.35. The van der Waals surface area contributed by atoms with Gasteiger partial charge >= 0.3 is 0 Å². The summed E-state index contributed by atoms with van der Waals surface area (Å²) in [6.45, 7) is 2.95. The summed E-state index contributed by atoms with van der Waals surface area (Å²) in [6.07, 6.45) is -2.20. The Balaban J connectivity index is 1.42. The molecule has 0 N–H and O–H groups in total. The van der Waals surface area contributed by atoms with Crippen molar-refractivity contribution >= 4 is 9.84 Å². The van der Waals surface area contributed by atoms with Crippen LogP contribution in [0.2, 0.25) is 0 Å². The first kappa shape index (κ1) is 28.2. The molecule has 1 saturated heterocycles. The van der Waals surface area contributed by atoms with Gasteiger partial charge in [0.05, 0.1) is 31.3 Å². The molecule has 0 saturated carbocycles. The van der Waals surface area contributed by atoms with Gasteiger partial charge in [-0.15, -0.1) is 0 Å². The second kappa shape index (κ2) is 13.4. The molecule has 40 heavy (non-hydrogen) atoms. The van der Waals surface area contributed by atoms with E-state index in [1.807, 2.05) is 97.9 Å². The van der Waals surface area contributed by atoms with Crippen LogP contribution in [0.25, 0.3) is 0 Å². The van der Waals surface area contributed by atoms with Crippen molar-refractivity contribution in [3.05, 3.63) is 138 Å². The summed E-state index contributed by atoms with van der Waals surface area (Å²) in [5.74, 6) is 0. The minimum atomic E-state index is -3.92. The summed E-state index contributed by atoms with van der Waals surface area (Å²) >= 11 is 0. The predicted molar refractivity (Wildman–Crippen MR) is 153 cm³/mol. The average molecular weight is 559 g/mol. The fraction of sp³-hybridized carbons (Fsp3) is 0.273. The minimum absolute atomic E-state index is 0.152. The Hall–Kier alpha value is -3.33. The maximum Gasteiger partial charge on any atom is 0.207 e. The molecule has 208 valence electrons. The van der Waals surface area contributed by atoms with Crippen molar-refractivity contribution in [1.29, 1.82) is 0 Å². The molecule has 4 aromatic carbocycles. The normalized spacial score (nSPS) is 20.9. The number of hydrogen-bond donors (Lipinski definition) is 0. The lowest BCUT2D eigenvalue weighted by atomic mass is 10.1. The van der Waals surface area contributed by atoms with E-state index in [0.717, 1.165) is 22.3 Å². The predicted octanol–water partition coefficient (Wildman–Crippen LogP) is 5.88. The molecule has 1 aliphatic rings. The number of benzene rings is 4. The summed E-state index contributed by atoms with van der Waals surface area (Å²) in [4.78, 5) is 0.184. The van der Waals surface area contributed by atoms with E-state index in [4.69, 9.17) is 18.9 Å². The summed E-state index contributed by atoms with van der Waals surface area (Å²) in [6, 6.07) is 36.0. The highest BCUT2D eigenvalue weighted by molar-refractivity contribution is 7.92. The second-order valence-corrected chi connectivity index (χ2v) is 12.0. The van der Waals surface area contributed by atoms with Crippen LogP contribution in [-0.4, -0.2) is 38.8 Å². The summed E-state index contributed by atoms with van der Waals surface area (Å²) in [7, 11) is -3.92. The Morgan fingerprint density at radius 2 is 1.10 bits per heavy atom. The Morgan fingerprint density at radius 1 is 0.625 bits per heavy atom. The Kier molecular flexibility index (Phi) is 9.41. The molecule has 0 radical (unpaired) electrons. The molecule has 5 rings (SSSR count). The molecule has 6 nitrogen and oxygen atoms in total. The minimum Gasteiger partial charge on any atom is -0.374 e. The molecule has 0 aromatic heterocycles. The van der Waals surface area contributed by atoms with Gasteiger partial charge in [0.15, 0.2) is 5.44 Å². The zero-order chi connectivity index (χ0) is 27.8. The van der Waals surface area contributed by atoms with Crippen LogP contribution in [0.3, 0.4) is 0 Å². The van der Waals surface area contributed by atoms with Crippen molar-refractivity contribution in [3.63, 3.8) is 0 Å². The number of ether oxygens (including phenoxy) is 4. The molecule has 0 unspecified atom stereocenters. The summed E-state index contributed by atoms with van der Waals surface area (Å²) in [5.41, 5.74) is 2.63. The van der Waals surface area contributed by atoms with Crippen molar-refractivity contribution in [2.45, 2.75) is 55.4 Å². The van der Waals surface area contributed by atoms with Crippen LogP contribution < -0.4 is 0 Å². The van der Waals surface area contributed by atoms with E-state index in [9.17, 15) is 8.42 Å². The van der Waals surface area contributed by atoms with E-state index in [1.165, 1.54) is 0 Å². The van der Waals surface area contributed by atoms with Crippen LogP contribution in [0.5, 0.6) is 0 Å². The topological polar surface area (TPSA) is 71.1 Å². The molecule has 0 spiro atoms. The van der Waals surface area contributed by atoms with Crippen molar-refractivity contribution < 1.29 is 27.4 Å². The van der Waals surface area contributed by atoms with Gasteiger partial charge in [-0.05, 0) is 35.7 Å². The van der Waals surface area contributed by atoms with Gasteiger partial charge in [-0.2, -0.15) is 0 Å². The quantitative estimate of drug-likeness (QED) is 0.216. The largest absolute Gasteiger partial charge is 0.374 e. The lowest BCUT2D eigenvalue weighted by molar-refractivity contribution is -0.0896. The first-order chi connectivity index (χ1) is 19.5. The van der Waals surface area contributed by atoms with E-state index >= 15 is 0 Å². The van der Waals surface area contributed by atoms with Crippen LogP contribution in [0, 0.1) is 6.92 Å². The zero-order valence-corrected chi connectivity index (χ0v) is 23.3. The number of rotatable bonds is 12. The lowest BCUT2D eigenvalue weighted by Gasteiger charge is -2.25. The lowest BCUT2D eigenvalue weighted by Crippen LogP contribution is -2.41. The van der Waals surface area contributed by atoms with Gasteiger partial charge in [-0.25, -0.2) is 8.42 Å². The Bertz CT molecular complexity index is 1430. The van der Waals surface area contributed by atoms with Gasteiger partial charge in [0, 0.05) is 0 Å². The van der Waals surface area contributed by atoms with E-state index in [2.05, 4.69) is 0 Å². The van der Waals surface area contributed by atoms with Crippen molar-refractivity contribution in [1.82, 2.24) is 0 Å². The molecular weight excluding hydrogens is 524 g/mol. The van der Waals surface area contributed by atoms with Crippen LogP contribution in [0.1, 0.15) is 22.3 Å². The van der Waals surface area contributed by atoms with E-state index in [0.29, 0.717) is 6.61 Å². The SMILES string of the molecule is Cc1ccc(S(=O)(=O)[C@H]2O[C@H](COCc3ccccc3)[C@@H](OCc3ccccc3)[C@@H]2OCc2ccccc2)cc1. The highest BCUT2D eigenvalue weighted by atomic mass is 32.2. The molecule has 1 fully saturated rings. The molecule has 0 amide bonds. The van der Waals surface area contributed by atoms with Gasteiger partial charge in [0.25, 0.3) is 0 Å². The number of hydrogen-bond acceptors (Lipinski definition) is 6. The van der Waals surface area contributed by atoms with Crippen LogP contribution >= 0.6 is 0 Å². The van der Waals surface area contributed by atoms with E-state index in [1.54, 1.807) is 24.3 Å². The zero-order valence-electron chi connectivity index (χ0n) is 22.5. The molecule has 4 aromatic rings. The highest BCUT2D eigenvalue weighted by Gasteiger charge is 2.52. The van der Waals surface area contributed by atoms with Gasteiger partial charge in [0.1, 0.15) is 18.3 Å². The number of aryl methyl sites for hydroxylation is 1. The monoisotopic (exact) mass is 558 g/mol. The molecule has 0 aliphatic carbocycles. The van der Waals surface area contributed by atoms with Gasteiger partial charge < -0.3 is 18.9 Å². The van der Waals surface area contributed by atoms with Crippen LogP contribution in [0.15, 0.2) is 120 Å². The first-order valence-electron chi connectivity index (χ1n) is 13.4. The Morgan fingerprint density at radius 3 is 1.62 bits per heavy atom. The molecule has 1 heterocycles. The number of sulfone groups is 1. The van der Waals surface area contributed by atoms with Crippen LogP contribution in [-0.2, 0) is 48.6 Å². The van der Waals surface area contributed by atoms with Gasteiger partial charge in [0.2, 0.25) is 9.84 Å². The van der Waals surface area contributed by atoms with E-state index in [-0.39, 0.29) is 24.7 Å². The van der Waals surface area contributed by atoms with Crippen molar-refractivity contribution in [3.8, 4) is 0 Å². The Labute approximate surface area is 236 Å². The van der Waals surface area contributed by atoms with Gasteiger partial charge in [-0.1, -0.05) is 109 Å². The molecule has 7 heteroatoms. The molecule has 4 atom stereocenters. The summed E-state index contributed by atoms with van der Waals surface area (Å²) in [5, 5.41) is 0. The fourth-order valence-corrected chi connectivity index (χ4v) is 6.37. The third kappa shape index (κ3) is 7.05. The third-order valence-electron chi connectivity index (χ3n) is 6.89. The van der Waals surface area contributed by atoms with Crippen LogP contribution in [0.4, 0.5) is 0 Å². The molecule has 1 aliphatic heterocycles. The molecular formula is C33H34O6S. The third-order valence-corrected chi connectivity index (χ3v) is 8.81. The standard InChI is InChI=1S/C33H34O6S/c1-25-17-19-29(20-18-25)40(34,35)33-32(38-23-28-15-9-4-10-16-28)31(37-22-27-13-7-3-8-14-27)30(39-33)24-36-21-26-11-5-2-6-12-26/h2-20,30-33H,21-24H2,1H3/t30-,31-,32+,33-/m1/s1. The fourth-order valence-electron chi connectivity index (χ4n) is 4.72. The molecule has 0 bridgehead atoms. The van der Waals surface area contributed by atoms with Crippen molar-refractivity contribution in [2.24, 2.45) is 0 Å². The smallest absolute Gasteiger partial charge is 0.207 e.